The molecule has 3 nitrogen and oxygen atoms in total. The normalized spacial score (nSPS) is 25.9. The van der Waals surface area contributed by atoms with E-state index in [1.54, 1.807) is 0 Å². The molecule has 1 aliphatic carbocycles. The third-order valence-electron chi connectivity index (χ3n) is 2.59. The van der Waals surface area contributed by atoms with E-state index in [0.717, 1.165) is 0 Å². The minimum atomic E-state index is -0.730. The SMILES string of the molecule is Oc1ccc(Cl)c2c1C(O)CCC2O. The fourth-order valence-electron chi connectivity index (χ4n) is 1.89. The first-order valence-electron chi connectivity index (χ1n) is 4.48. The number of hydrogen-bond acceptors (Lipinski definition) is 3. The summed E-state index contributed by atoms with van der Waals surface area (Å²) >= 11 is 5.89. The van der Waals surface area contributed by atoms with Gasteiger partial charge in [-0.1, -0.05) is 11.6 Å². The van der Waals surface area contributed by atoms with Crippen molar-refractivity contribution in [3.8, 4) is 5.75 Å². The van der Waals surface area contributed by atoms with Crippen molar-refractivity contribution >= 4 is 11.6 Å². The van der Waals surface area contributed by atoms with Crippen LogP contribution in [0.4, 0.5) is 0 Å². The first kappa shape index (κ1) is 9.77. The second-order valence-corrected chi connectivity index (χ2v) is 3.91. The molecule has 1 aliphatic rings. The number of aromatic hydroxyl groups is 1. The Morgan fingerprint density at radius 2 is 1.64 bits per heavy atom. The molecule has 0 aromatic heterocycles. The number of phenolic OH excluding ortho intramolecular Hbond substituents is 1. The maximum absolute atomic E-state index is 9.68. The van der Waals surface area contributed by atoms with Crippen LogP contribution >= 0.6 is 11.6 Å². The lowest BCUT2D eigenvalue weighted by atomic mass is 9.87. The highest BCUT2D eigenvalue weighted by atomic mass is 35.5. The first-order chi connectivity index (χ1) is 6.61. The van der Waals surface area contributed by atoms with Gasteiger partial charge in [0.1, 0.15) is 5.75 Å². The van der Waals surface area contributed by atoms with Crippen LogP contribution in [0.1, 0.15) is 36.2 Å². The van der Waals surface area contributed by atoms with Crippen LogP contribution in [0.25, 0.3) is 0 Å². The molecule has 0 saturated heterocycles. The van der Waals surface area contributed by atoms with Crippen LogP contribution in [0.15, 0.2) is 12.1 Å². The summed E-state index contributed by atoms with van der Waals surface area (Å²) in [6.45, 7) is 0. The van der Waals surface area contributed by atoms with E-state index in [1.807, 2.05) is 0 Å². The highest BCUT2D eigenvalue weighted by Crippen LogP contribution is 2.43. The number of fused-ring (bicyclic) bond motifs is 1. The van der Waals surface area contributed by atoms with Gasteiger partial charge in [0.25, 0.3) is 0 Å². The molecule has 3 N–H and O–H groups in total. The average Bonchev–Trinajstić information content (AvgIpc) is 2.16. The Morgan fingerprint density at radius 1 is 1.07 bits per heavy atom. The van der Waals surface area contributed by atoms with Gasteiger partial charge in [-0.05, 0) is 25.0 Å². The molecule has 0 amide bonds. The summed E-state index contributed by atoms with van der Waals surface area (Å²) in [6.07, 6.45) is -0.500. The second-order valence-electron chi connectivity index (χ2n) is 3.50. The van der Waals surface area contributed by atoms with E-state index in [2.05, 4.69) is 0 Å². The van der Waals surface area contributed by atoms with Crippen molar-refractivity contribution in [2.45, 2.75) is 25.0 Å². The molecule has 14 heavy (non-hydrogen) atoms. The smallest absolute Gasteiger partial charge is 0.121 e. The van der Waals surface area contributed by atoms with Crippen LogP contribution in [0.3, 0.4) is 0 Å². The van der Waals surface area contributed by atoms with Gasteiger partial charge >= 0.3 is 0 Å². The van der Waals surface area contributed by atoms with Crippen LogP contribution in [0.5, 0.6) is 5.75 Å². The Morgan fingerprint density at radius 3 is 2.21 bits per heavy atom. The van der Waals surface area contributed by atoms with Crippen LogP contribution in [-0.4, -0.2) is 15.3 Å². The van der Waals surface area contributed by atoms with Gasteiger partial charge in [0.15, 0.2) is 0 Å². The predicted octanol–water partition coefficient (Wildman–Crippen LogP) is 1.91. The van der Waals surface area contributed by atoms with Crippen molar-refractivity contribution in [1.82, 2.24) is 0 Å². The summed E-state index contributed by atoms with van der Waals surface area (Å²) in [5.74, 6) is -0.00403. The molecule has 4 heteroatoms. The molecule has 0 bridgehead atoms. The van der Waals surface area contributed by atoms with Crippen molar-refractivity contribution in [2.75, 3.05) is 0 Å². The lowest BCUT2D eigenvalue weighted by molar-refractivity contribution is 0.0888. The van der Waals surface area contributed by atoms with E-state index < -0.39 is 12.2 Å². The van der Waals surface area contributed by atoms with Crippen molar-refractivity contribution in [1.29, 1.82) is 0 Å². The van der Waals surface area contributed by atoms with Crippen LogP contribution in [-0.2, 0) is 0 Å². The van der Waals surface area contributed by atoms with Crippen molar-refractivity contribution < 1.29 is 15.3 Å². The Balaban J connectivity index is 2.65. The van der Waals surface area contributed by atoms with E-state index in [-0.39, 0.29) is 5.75 Å². The molecular formula is C10H11ClO3. The fraction of sp³-hybridized carbons (Fsp3) is 0.400. The summed E-state index contributed by atoms with van der Waals surface area (Å²) in [7, 11) is 0. The fourth-order valence-corrected chi connectivity index (χ4v) is 2.18. The van der Waals surface area contributed by atoms with E-state index in [9.17, 15) is 15.3 Å². The maximum atomic E-state index is 9.68. The Hall–Kier alpha value is -0.770. The molecule has 1 aromatic rings. The zero-order chi connectivity index (χ0) is 10.3. The second kappa shape index (κ2) is 3.42. The molecule has 76 valence electrons. The van der Waals surface area contributed by atoms with Gasteiger partial charge in [-0.15, -0.1) is 0 Å². The molecule has 0 aliphatic heterocycles. The highest BCUT2D eigenvalue weighted by molar-refractivity contribution is 6.31. The number of rotatable bonds is 0. The largest absolute Gasteiger partial charge is 0.508 e. The zero-order valence-electron chi connectivity index (χ0n) is 7.44. The van der Waals surface area contributed by atoms with E-state index >= 15 is 0 Å². The molecular weight excluding hydrogens is 204 g/mol. The Kier molecular flexibility index (Phi) is 2.39. The van der Waals surface area contributed by atoms with Gasteiger partial charge in [-0.2, -0.15) is 0 Å². The maximum Gasteiger partial charge on any atom is 0.121 e. The third kappa shape index (κ3) is 1.38. The average molecular weight is 215 g/mol. The van der Waals surface area contributed by atoms with E-state index in [4.69, 9.17) is 11.6 Å². The van der Waals surface area contributed by atoms with Gasteiger partial charge < -0.3 is 15.3 Å². The summed E-state index contributed by atoms with van der Waals surface area (Å²) in [6, 6.07) is 2.96. The molecule has 2 atom stereocenters. The van der Waals surface area contributed by atoms with Crippen molar-refractivity contribution in [2.24, 2.45) is 0 Å². The van der Waals surface area contributed by atoms with Gasteiger partial charge in [0.05, 0.1) is 12.2 Å². The summed E-state index contributed by atoms with van der Waals surface area (Å²) in [5.41, 5.74) is 0.835. The highest BCUT2D eigenvalue weighted by Gasteiger charge is 2.29. The minimum absolute atomic E-state index is 0.00403. The minimum Gasteiger partial charge on any atom is -0.508 e. The Bertz CT molecular complexity index is 330. The monoisotopic (exact) mass is 214 g/mol. The lowest BCUT2D eigenvalue weighted by Crippen LogP contribution is -2.14. The molecule has 2 rings (SSSR count). The van der Waals surface area contributed by atoms with Gasteiger partial charge in [-0.25, -0.2) is 0 Å². The molecule has 0 heterocycles. The predicted molar refractivity (Wildman–Crippen MR) is 52.3 cm³/mol. The molecule has 1 aromatic carbocycles. The van der Waals surface area contributed by atoms with E-state index in [1.165, 1.54) is 12.1 Å². The number of benzene rings is 1. The van der Waals surface area contributed by atoms with Crippen molar-refractivity contribution in [3.05, 3.63) is 28.3 Å². The summed E-state index contributed by atoms with van der Waals surface area (Å²) in [4.78, 5) is 0. The third-order valence-corrected chi connectivity index (χ3v) is 2.92. The van der Waals surface area contributed by atoms with Gasteiger partial charge in [0, 0.05) is 16.1 Å². The Labute approximate surface area is 86.6 Å². The molecule has 0 saturated carbocycles. The zero-order valence-corrected chi connectivity index (χ0v) is 8.20. The number of aliphatic hydroxyl groups excluding tert-OH is 2. The number of halogens is 1. The number of phenols is 1. The van der Waals surface area contributed by atoms with E-state index in [0.29, 0.717) is 29.0 Å². The summed E-state index contributed by atoms with van der Waals surface area (Å²) < 4.78 is 0. The molecule has 0 fully saturated rings. The number of aliphatic hydroxyl groups is 2. The van der Waals surface area contributed by atoms with Crippen LogP contribution < -0.4 is 0 Å². The van der Waals surface area contributed by atoms with Crippen LogP contribution in [0, 0.1) is 0 Å². The standard InChI is InChI=1S/C10H11ClO3/c11-5-1-2-7(13)10-8(14)4-3-6(12)9(5)10/h1-2,6,8,12-14H,3-4H2. The van der Waals surface area contributed by atoms with Crippen LogP contribution in [0.2, 0.25) is 5.02 Å². The lowest BCUT2D eigenvalue weighted by Gasteiger charge is -2.27. The number of hydrogen-bond donors (Lipinski definition) is 3. The topological polar surface area (TPSA) is 60.7 Å². The quantitative estimate of drug-likeness (QED) is 0.618. The van der Waals surface area contributed by atoms with Gasteiger partial charge in [0.2, 0.25) is 0 Å². The first-order valence-corrected chi connectivity index (χ1v) is 4.86. The molecule has 0 spiro atoms. The van der Waals surface area contributed by atoms with Crippen molar-refractivity contribution in [3.63, 3.8) is 0 Å². The van der Waals surface area contributed by atoms with Gasteiger partial charge in [-0.3, -0.25) is 0 Å². The summed E-state index contributed by atoms with van der Waals surface area (Å²) in [5, 5.41) is 29.3. The molecule has 0 radical (unpaired) electrons. The molecule has 2 unspecified atom stereocenters.